The van der Waals surface area contributed by atoms with Crippen molar-refractivity contribution in [3.8, 4) is 5.75 Å². The number of hydrogen-bond donors (Lipinski definition) is 1. The van der Waals surface area contributed by atoms with Crippen LogP contribution in [0.15, 0.2) is 42.5 Å². The fourth-order valence-electron chi connectivity index (χ4n) is 2.91. The molecule has 3 rings (SSSR count). The van der Waals surface area contributed by atoms with Gasteiger partial charge in [-0.05, 0) is 64.3 Å². The lowest BCUT2D eigenvalue weighted by molar-refractivity contribution is 0.00578. The fourth-order valence-corrected chi connectivity index (χ4v) is 2.91. The lowest BCUT2D eigenvalue weighted by atomic mass is 9.75. The van der Waals surface area contributed by atoms with Gasteiger partial charge in [0.05, 0.1) is 18.3 Å². The summed E-state index contributed by atoms with van der Waals surface area (Å²) in [4.78, 5) is 12.7. The van der Waals surface area contributed by atoms with E-state index in [1.165, 1.54) is 0 Å². The van der Waals surface area contributed by atoms with Crippen LogP contribution in [0.25, 0.3) is 0 Å². The molecule has 0 radical (unpaired) electrons. The summed E-state index contributed by atoms with van der Waals surface area (Å²) in [6.45, 7) is 10.1. The van der Waals surface area contributed by atoms with Gasteiger partial charge in [0.1, 0.15) is 5.75 Å². The van der Waals surface area contributed by atoms with Crippen LogP contribution in [-0.4, -0.2) is 31.3 Å². The third-order valence-electron chi connectivity index (χ3n) is 5.38. The Morgan fingerprint density at radius 1 is 1.04 bits per heavy atom. The van der Waals surface area contributed by atoms with Crippen LogP contribution in [0.4, 0.5) is 5.69 Å². The summed E-state index contributed by atoms with van der Waals surface area (Å²) >= 11 is 0. The molecule has 0 saturated carbocycles. The Morgan fingerprint density at radius 2 is 1.70 bits per heavy atom. The van der Waals surface area contributed by atoms with Gasteiger partial charge in [-0.15, -0.1) is 0 Å². The van der Waals surface area contributed by atoms with Crippen LogP contribution in [0, 0.1) is 6.92 Å². The van der Waals surface area contributed by atoms with Crippen LogP contribution in [-0.2, 0) is 9.31 Å². The van der Waals surface area contributed by atoms with Crippen molar-refractivity contribution in [2.24, 2.45) is 0 Å². The largest absolute Gasteiger partial charge is 0.497 e. The van der Waals surface area contributed by atoms with Crippen molar-refractivity contribution in [3.05, 3.63) is 53.6 Å². The lowest BCUT2D eigenvalue weighted by Crippen LogP contribution is -2.41. The van der Waals surface area contributed by atoms with Gasteiger partial charge in [-0.2, -0.15) is 0 Å². The van der Waals surface area contributed by atoms with Crippen LogP contribution in [0.5, 0.6) is 5.75 Å². The number of amides is 1. The highest BCUT2D eigenvalue weighted by atomic mass is 16.7. The Labute approximate surface area is 161 Å². The van der Waals surface area contributed by atoms with E-state index in [0.29, 0.717) is 17.0 Å². The van der Waals surface area contributed by atoms with E-state index in [9.17, 15) is 4.79 Å². The van der Waals surface area contributed by atoms with Gasteiger partial charge in [0, 0.05) is 17.3 Å². The molecular weight excluding hydrogens is 341 g/mol. The van der Waals surface area contributed by atoms with Gasteiger partial charge >= 0.3 is 7.12 Å². The average molecular weight is 367 g/mol. The zero-order valence-corrected chi connectivity index (χ0v) is 16.8. The van der Waals surface area contributed by atoms with Crippen molar-refractivity contribution in [3.63, 3.8) is 0 Å². The van der Waals surface area contributed by atoms with Crippen molar-refractivity contribution < 1.29 is 18.8 Å². The second-order valence-electron chi connectivity index (χ2n) is 7.85. The first kappa shape index (κ1) is 19.5. The van der Waals surface area contributed by atoms with Crippen molar-refractivity contribution in [1.82, 2.24) is 0 Å². The van der Waals surface area contributed by atoms with Crippen molar-refractivity contribution in [1.29, 1.82) is 0 Å². The Hall–Kier alpha value is -2.31. The molecule has 1 fully saturated rings. The first-order valence-corrected chi connectivity index (χ1v) is 9.04. The first-order chi connectivity index (χ1) is 12.6. The van der Waals surface area contributed by atoms with Crippen LogP contribution < -0.4 is 15.5 Å². The van der Waals surface area contributed by atoms with Gasteiger partial charge in [-0.1, -0.05) is 17.7 Å². The molecule has 0 spiro atoms. The zero-order chi connectivity index (χ0) is 19.8. The van der Waals surface area contributed by atoms with Crippen molar-refractivity contribution in [2.75, 3.05) is 12.4 Å². The third-order valence-corrected chi connectivity index (χ3v) is 5.38. The van der Waals surface area contributed by atoms with Gasteiger partial charge < -0.3 is 19.4 Å². The Balaban J connectivity index is 1.84. The van der Waals surface area contributed by atoms with Gasteiger partial charge in [-0.3, -0.25) is 4.79 Å². The molecule has 1 heterocycles. The van der Waals surface area contributed by atoms with E-state index in [2.05, 4.69) is 5.32 Å². The molecule has 0 aromatic heterocycles. The summed E-state index contributed by atoms with van der Waals surface area (Å²) < 4.78 is 17.5. The van der Waals surface area contributed by atoms with E-state index in [1.54, 1.807) is 19.2 Å². The number of hydrogen-bond acceptors (Lipinski definition) is 4. The first-order valence-electron chi connectivity index (χ1n) is 9.04. The monoisotopic (exact) mass is 367 g/mol. The molecule has 1 saturated heterocycles. The molecule has 6 heteroatoms. The molecule has 0 atom stereocenters. The molecule has 2 aromatic rings. The molecule has 142 valence electrons. The number of methoxy groups -OCH3 is 1. The fraction of sp³-hybridized carbons (Fsp3) is 0.381. The predicted molar refractivity (Wildman–Crippen MR) is 108 cm³/mol. The minimum absolute atomic E-state index is 0.193. The molecule has 1 aliphatic heterocycles. The topological polar surface area (TPSA) is 56.8 Å². The lowest BCUT2D eigenvalue weighted by Gasteiger charge is -2.32. The summed E-state index contributed by atoms with van der Waals surface area (Å²) in [5, 5.41) is 2.90. The number of carbonyl (C=O) groups is 1. The Bertz CT molecular complexity index is 847. The summed E-state index contributed by atoms with van der Waals surface area (Å²) in [6, 6.07) is 12.8. The van der Waals surface area contributed by atoms with Crippen molar-refractivity contribution in [2.45, 2.75) is 45.8 Å². The maximum atomic E-state index is 12.7. The van der Waals surface area contributed by atoms with Gasteiger partial charge in [0.15, 0.2) is 0 Å². The van der Waals surface area contributed by atoms with Gasteiger partial charge in [-0.25, -0.2) is 0 Å². The van der Waals surface area contributed by atoms with E-state index in [0.717, 1.165) is 11.0 Å². The highest BCUT2D eigenvalue weighted by molar-refractivity contribution is 6.62. The third kappa shape index (κ3) is 3.87. The second-order valence-corrected chi connectivity index (χ2v) is 7.85. The van der Waals surface area contributed by atoms with Gasteiger partial charge in [0.25, 0.3) is 5.91 Å². The average Bonchev–Trinajstić information content (AvgIpc) is 2.82. The number of carbonyl (C=O) groups excluding carboxylic acids is 1. The molecular formula is C21H26BNO4. The van der Waals surface area contributed by atoms with Gasteiger partial charge in [0.2, 0.25) is 0 Å². The number of ether oxygens (including phenoxy) is 1. The van der Waals surface area contributed by atoms with E-state index < -0.39 is 18.3 Å². The molecule has 5 nitrogen and oxygen atoms in total. The van der Waals surface area contributed by atoms with E-state index in [-0.39, 0.29) is 5.91 Å². The SMILES string of the molecule is COc1cccc(NC(=O)c2ccc(C)c(B3OC(C)(C)C(C)(C)O3)c2)c1. The summed E-state index contributed by atoms with van der Waals surface area (Å²) in [6.07, 6.45) is 0. The van der Waals surface area contributed by atoms with E-state index >= 15 is 0 Å². The highest BCUT2D eigenvalue weighted by Crippen LogP contribution is 2.36. The molecule has 0 aliphatic carbocycles. The highest BCUT2D eigenvalue weighted by Gasteiger charge is 2.52. The van der Waals surface area contributed by atoms with Crippen LogP contribution in [0.3, 0.4) is 0 Å². The van der Waals surface area contributed by atoms with E-state index in [4.69, 9.17) is 14.0 Å². The maximum Gasteiger partial charge on any atom is 0.495 e. The Morgan fingerprint density at radius 3 is 2.33 bits per heavy atom. The molecule has 1 aliphatic rings. The minimum atomic E-state index is -0.500. The molecule has 1 amide bonds. The van der Waals surface area contributed by atoms with Crippen LogP contribution in [0.2, 0.25) is 0 Å². The number of anilines is 1. The predicted octanol–water partition coefficient (Wildman–Crippen LogP) is 3.56. The zero-order valence-electron chi connectivity index (χ0n) is 16.8. The standard InChI is InChI=1S/C21H26BNO4/c1-14-10-11-15(19(24)23-16-8-7-9-17(13-16)25-6)12-18(14)22-26-20(2,3)21(4,5)27-22/h7-13H,1-6H3,(H,23,24). The van der Waals surface area contributed by atoms with Crippen LogP contribution in [0.1, 0.15) is 43.6 Å². The van der Waals surface area contributed by atoms with E-state index in [1.807, 2.05) is 65.0 Å². The Kier molecular flexibility index (Phi) is 5.06. The molecule has 27 heavy (non-hydrogen) atoms. The number of benzene rings is 2. The summed E-state index contributed by atoms with van der Waals surface area (Å²) in [5.74, 6) is 0.496. The number of aryl methyl sites for hydroxylation is 1. The number of nitrogens with one attached hydrogen (secondary N) is 1. The van der Waals surface area contributed by atoms with Crippen molar-refractivity contribution >= 4 is 24.2 Å². The smallest absolute Gasteiger partial charge is 0.495 e. The summed E-state index contributed by atoms with van der Waals surface area (Å²) in [7, 11) is 1.09. The molecule has 1 N–H and O–H groups in total. The number of rotatable bonds is 4. The normalized spacial score (nSPS) is 17.6. The minimum Gasteiger partial charge on any atom is -0.497 e. The quantitative estimate of drug-likeness (QED) is 0.840. The molecule has 0 unspecified atom stereocenters. The second kappa shape index (κ2) is 7.02. The molecule has 0 bridgehead atoms. The van der Waals surface area contributed by atoms with Crippen LogP contribution >= 0.6 is 0 Å². The maximum absolute atomic E-state index is 12.7. The summed E-state index contributed by atoms with van der Waals surface area (Å²) in [5.41, 5.74) is 2.26. The molecule has 2 aromatic carbocycles.